The van der Waals surface area contributed by atoms with Gasteiger partial charge >= 0.3 is 0 Å². The van der Waals surface area contributed by atoms with Crippen LogP contribution in [0.2, 0.25) is 0 Å². The summed E-state index contributed by atoms with van der Waals surface area (Å²) in [7, 11) is 3.15. The van der Waals surface area contributed by atoms with Crippen LogP contribution >= 0.6 is 0 Å². The van der Waals surface area contributed by atoms with E-state index in [0.29, 0.717) is 22.8 Å². The second-order valence-corrected chi connectivity index (χ2v) is 4.48. The van der Waals surface area contributed by atoms with Crippen molar-refractivity contribution in [3.63, 3.8) is 0 Å². The Hall–Kier alpha value is -1.97. The van der Waals surface area contributed by atoms with E-state index in [2.05, 4.69) is 18.8 Å². The van der Waals surface area contributed by atoms with Crippen LogP contribution in [0.25, 0.3) is 10.8 Å². The Kier molecular flexibility index (Phi) is 3.28. The molecule has 0 aliphatic carbocycles. The number of hydrogen-bond donors (Lipinski definition) is 1. The predicted octanol–water partition coefficient (Wildman–Crippen LogP) is 2.67. The first-order chi connectivity index (χ1) is 8.58. The molecular formula is C14H17NO3. The number of ether oxygens (including phenoxy) is 2. The first-order valence-corrected chi connectivity index (χ1v) is 5.85. The molecule has 18 heavy (non-hydrogen) atoms. The van der Waals surface area contributed by atoms with Gasteiger partial charge in [-0.3, -0.25) is 4.79 Å². The summed E-state index contributed by atoms with van der Waals surface area (Å²) in [5, 5.41) is 1.53. The number of hydrogen-bond acceptors (Lipinski definition) is 3. The maximum atomic E-state index is 11.9. The molecule has 0 aliphatic heterocycles. The number of H-pyrrole nitrogens is 1. The Morgan fingerprint density at radius 2 is 1.61 bits per heavy atom. The van der Waals surface area contributed by atoms with Crippen LogP contribution in [0.3, 0.4) is 0 Å². The summed E-state index contributed by atoms with van der Waals surface area (Å²) < 4.78 is 10.5. The molecule has 2 aromatic rings. The van der Waals surface area contributed by atoms with E-state index in [4.69, 9.17) is 9.47 Å². The van der Waals surface area contributed by atoms with Gasteiger partial charge in [0.05, 0.1) is 19.6 Å². The zero-order valence-corrected chi connectivity index (χ0v) is 11.0. The summed E-state index contributed by atoms with van der Waals surface area (Å²) in [6, 6.07) is 3.58. The second kappa shape index (κ2) is 4.72. The summed E-state index contributed by atoms with van der Waals surface area (Å²) >= 11 is 0. The number of pyridine rings is 1. The molecule has 2 rings (SSSR count). The molecule has 1 heterocycles. The topological polar surface area (TPSA) is 51.3 Å². The zero-order valence-electron chi connectivity index (χ0n) is 11.0. The quantitative estimate of drug-likeness (QED) is 0.907. The normalized spacial score (nSPS) is 10.9. The minimum atomic E-state index is -0.115. The third kappa shape index (κ3) is 1.94. The highest BCUT2D eigenvalue weighted by Gasteiger charge is 2.13. The largest absolute Gasteiger partial charge is 0.493 e. The fourth-order valence-electron chi connectivity index (χ4n) is 2.08. The van der Waals surface area contributed by atoms with E-state index in [1.165, 1.54) is 0 Å². The van der Waals surface area contributed by atoms with Crippen LogP contribution in [-0.2, 0) is 0 Å². The first-order valence-electron chi connectivity index (χ1n) is 5.85. The highest BCUT2D eigenvalue weighted by atomic mass is 16.5. The van der Waals surface area contributed by atoms with Crippen molar-refractivity contribution in [3.05, 3.63) is 34.2 Å². The van der Waals surface area contributed by atoms with Crippen molar-refractivity contribution in [1.29, 1.82) is 0 Å². The van der Waals surface area contributed by atoms with Crippen molar-refractivity contribution < 1.29 is 9.47 Å². The molecule has 1 aromatic heterocycles. The predicted molar refractivity (Wildman–Crippen MR) is 71.8 cm³/mol. The minimum absolute atomic E-state index is 0.115. The number of rotatable bonds is 3. The van der Waals surface area contributed by atoms with Crippen LogP contribution in [0, 0.1) is 0 Å². The van der Waals surface area contributed by atoms with Crippen LogP contribution < -0.4 is 15.0 Å². The lowest BCUT2D eigenvalue weighted by atomic mass is 9.98. The lowest BCUT2D eigenvalue weighted by molar-refractivity contribution is 0.356. The first kappa shape index (κ1) is 12.5. The number of aromatic amines is 1. The van der Waals surface area contributed by atoms with Crippen molar-refractivity contribution in [1.82, 2.24) is 4.98 Å². The molecule has 0 spiro atoms. The van der Waals surface area contributed by atoms with Crippen LogP contribution in [0.4, 0.5) is 0 Å². The average Bonchev–Trinajstić information content (AvgIpc) is 2.37. The van der Waals surface area contributed by atoms with E-state index >= 15 is 0 Å². The number of fused-ring (bicyclic) bond motifs is 1. The number of benzene rings is 1. The minimum Gasteiger partial charge on any atom is -0.493 e. The number of methoxy groups -OCH3 is 2. The molecule has 0 atom stereocenters. The molecule has 0 bridgehead atoms. The molecule has 1 aromatic carbocycles. The maximum absolute atomic E-state index is 11.9. The van der Waals surface area contributed by atoms with Crippen molar-refractivity contribution in [2.75, 3.05) is 14.2 Å². The van der Waals surface area contributed by atoms with E-state index in [1.807, 2.05) is 6.07 Å². The number of aromatic nitrogens is 1. The van der Waals surface area contributed by atoms with Crippen molar-refractivity contribution in [2.45, 2.75) is 19.8 Å². The van der Waals surface area contributed by atoms with Gasteiger partial charge in [-0.2, -0.15) is 0 Å². The van der Waals surface area contributed by atoms with Crippen molar-refractivity contribution in [3.8, 4) is 11.5 Å². The summed E-state index contributed by atoms with van der Waals surface area (Å²) in [6.45, 7) is 4.17. The third-order valence-electron chi connectivity index (χ3n) is 3.06. The Balaban J connectivity index is 2.86. The molecule has 0 amide bonds. The third-order valence-corrected chi connectivity index (χ3v) is 3.06. The van der Waals surface area contributed by atoms with Gasteiger partial charge in [-0.1, -0.05) is 13.8 Å². The molecule has 0 aliphatic rings. The Labute approximate surface area is 106 Å². The molecule has 1 N–H and O–H groups in total. The van der Waals surface area contributed by atoms with Gasteiger partial charge in [0.25, 0.3) is 5.56 Å². The molecule has 0 radical (unpaired) electrons. The van der Waals surface area contributed by atoms with E-state index in [-0.39, 0.29) is 5.56 Å². The van der Waals surface area contributed by atoms with Crippen LogP contribution in [-0.4, -0.2) is 19.2 Å². The van der Waals surface area contributed by atoms with Gasteiger partial charge in [0.2, 0.25) is 0 Å². The molecule has 0 fully saturated rings. The smallest absolute Gasteiger partial charge is 0.255 e. The van der Waals surface area contributed by atoms with Gasteiger partial charge in [0.1, 0.15) is 0 Å². The van der Waals surface area contributed by atoms with Crippen molar-refractivity contribution in [2.24, 2.45) is 0 Å². The lowest BCUT2D eigenvalue weighted by Gasteiger charge is -2.13. The SMILES string of the molecule is COc1cc2c(C(C)C)c[nH]c(=O)c2cc1OC. The van der Waals surface area contributed by atoms with E-state index in [1.54, 1.807) is 26.5 Å². The van der Waals surface area contributed by atoms with Crippen molar-refractivity contribution >= 4 is 10.8 Å². The molecule has 0 unspecified atom stereocenters. The molecule has 4 nitrogen and oxygen atoms in total. The maximum Gasteiger partial charge on any atom is 0.255 e. The van der Waals surface area contributed by atoms with E-state index in [9.17, 15) is 4.79 Å². The molecule has 0 saturated carbocycles. The summed E-state index contributed by atoms with van der Waals surface area (Å²) in [6.07, 6.45) is 1.77. The van der Waals surface area contributed by atoms with Crippen LogP contribution in [0.1, 0.15) is 25.3 Å². The molecule has 4 heteroatoms. The number of nitrogens with one attached hydrogen (secondary N) is 1. The van der Waals surface area contributed by atoms with E-state index < -0.39 is 0 Å². The Bertz CT molecular complexity index is 629. The van der Waals surface area contributed by atoms with Crippen LogP contribution in [0.15, 0.2) is 23.1 Å². The molecular weight excluding hydrogens is 230 g/mol. The fraction of sp³-hybridized carbons (Fsp3) is 0.357. The average molecular weight is 247 g/mol. The highest BCUT2D eigenvalue weighted by Crippen LogP contribution is 2.33. The Morgan fingerprint density at radius 3 is 2.11 bits per heavy atom. The summed E-state index contributed by atoms with van der Waals surface area (Å²) in [5.41, 5.74) is 0.973. The zero-order chi connectivity index (χ0) is 13.3. The van der Waals surface area contributed by atoms with Gasteiger partial charge in [0.15, 0.2) is 11.5 Å². The van der Waals surface area contributed by atoms with Gasteiger partial charge in [-0.15, -0.1) is 0 Å². The summed E-state index contributed by atoms with van der Waals surface area (Å²) in [5.74, 6) is 1.52. The standard InChI is InChI=1S/C14H17NO3/c1-8(2)11-7-15-14(16)10-6-13(18-4)12(17-3)5-9(10)11/h5-8H,1-4H3,(H,15,16). The lowest BCUT2D eigenvalue weighted by Crippen LogP contribution is -2.08. The summed E-state index contributed by atoms with van der Waals surface area (Å²) in [4.78, 5) is 14.6. The van der Waals surface area contributed by atoms with E-state index in [0.717, 1.165) is 10.9 Å². The molecule has 0 saturated heterocycles. The van der Waals surface area contributed by atoms with Gasteiger partial charge in [-0.05, 0) is 29.0 Å². The van der Waals surface area contributed by atoms with Gasteiger partial charge in [0, 0.05) is 6.20 Å². The van der Waals surface area contributed by atoms with Gasteiger partial charge < -0.3 is 14.5 Å². The second-order valence-electron chi connectivity index (χ2n) is 4.48. The van der Waals surface area contributed by atoms with Crippen LogP contribution in [0.5, 0.6) is 11.5 Å². The monoisotopic (exact) mass is 247 g/mol. The Morgan fingerprint density at radius 1 is 1.06 bits per heavy atom. The van der Waals surface area contributed by atoms with Gasteiger partial charge in [-0.25, -0.2) is 0 Å². The fourth-order valence-corrected chi connectivity index (χ4v) is 2.08. The highest BCUT2D eigenvalue weighted by molar-refractivity contribution is 5.88. The molecule has 96 valence electrons.